The fourth-order valence-electron chi connectivity index (χ4n) is 3.71. The molecule has 6 heteroatoms. The number of hydrogen-bond acceptors (Lipinski definition) is 4. The molecule has 1 saturated heterocycles. The number of alkyl halides is 1. The molecule has 0 N–H and O–H groups in total. The first-order valence-corrected chi connectivity index (χ1v) is 11.1. The normalized spacial score (nSPS) is 23.8. The molecule has 1 aromatic heterocycles. The topological polar surface area (TPSA) is 44.2 Å². The van der Waals surface area contributed by atoms with Gasteiger partial charge in [-0.25, -0.2) is 9.97 Å². The van der Waals surface area contributed by atoms with Gasteiger partial charge in [-0.3, -0.25) is 0 Å². The van der Waals surface area contributed by atoms with E-state index in [2.05, 4.69) is 75.4 Å². The van der Waals surface area contributed by atoms with Crippen LogP contribution in [0.5, 0.6) is 0 Å². The second kappa shape index (κ2) is 8.32. The van der Waals surface area contributed by atoms with E-state index in [1.807, 2.05) is 36.4 Å². The van der Waals surface area contributed by atoms with Crippen molar-refractivity contribution in [1.82, 2.24) is 9.97 Å². The first kappa shape index (κ1) is 22.2. The lowest BCUT2D eigenvalue weighted by atomic mass is 9.76. The minimum absolute atomic E-state index is 0.282. The van der Waals surface area contributed by atoms with Crippen LogP contribution in [0.3, 0.4) is 0 Å². The van der Waals surface area contributed by atoms with Crippen molar-refractivity contribution in [3.05, 3.63) is 53.6 Å². The van der Waals surface area contributed by atoms with E-state index in [9.17, 15) is 0 Å². The van der Waals surface area contributed by atoms with Gasteiger partial charge >= 0.3 is 7.12 Å². The third kappa shape index (κ3) is 4.07. The number of rotatable bonds is 5. The fourth-order valence-corrected chi connectivity index (χ4v) is 4.40. The lowest BCUT2D eigenvalue weighted by molar-refractivity contribution is -0.0470. The van der Waals surface area contributed by atoms with Crippen LogP contribution in [0.1, 0.15) is 34.6 Å². The van der Waals surface area contributed by atoms with Crippen molar-refractivity contribution >= 4 is 48.0 Å². The summed E-state index contributed by atoms with van der Waals surface area (Å²) in [5, 5.41) is 1.42. The highest BCUT2D eigenvalue weighted by Gasteiger charge is 2.58. The molecule has 1 fully saturated rings. The largest absolute Gasteiger partial charge is 0.515 e. The van der Waals surface area contributed by atoms with Crippen LogP contribution in [-0.4, -0.2) is 32.2 Å². The molecule has 0 aliphatic carbocycles. The first-order chi connectivity index (χ1) is 13.6. The molecule has 0 bridgehead atoms. The molecule has 1 aliphatic heterocycles. The Balaban J connectivity index is 2.15. The van der Waals surface area contributed by atoms with Crippen LogP contribution in [0.25, 0.3) is 24.0 Å². The van der Waals surface area contributed by atoms with Crippen molar-refractivity contribution in [1.29, 1.82) is 0 Å². The molecule has 0 amide bonds. The Hall–Kier alpha value is -1.51. The molecule has 0 saturated carbocycles. The molecule has 3 rings (SSSR count). The Morgan fingerprint density at radius 2 is 1.76 bits per heavy atom. The number of benzene rings is 1. The maximum Gasteiger partial charge on any atom is 0.515 e. The predicted molar refractivity (Wildman–Crippen MR) is 130 cm³/mol. The van der Waals surface area contributed by atoms with Crippen molar-refractivity contribution in [3.63, 3.8) is 0 Å². The number of hydrogen-bond donors (Lipinski definition) is 0. The van der Waals surface area contributed by atoms with Crippen LogP contribution >= 0.6 is 22.6 Å². The van der Waals surface area contributed by atoms with E-state index < -0.39 is 18.3 Å². The van der Waals surface area contributed by atoms with Gasteiger partial charge in [0.25, 0.3) is 0 Å². The van der Waals surface area contributed by atoms with Crippen LogP contribution in [0.15, 0.2) is 43.0 Å². The number of halogens is 1. The van der Waals surface area contributed by atoms with Crippen LogP contribution in [0.4, 0.5) is 0 Å². The zero-order chi connectivity index (χ0) is 21.4. The van der Waals surface area contributed by atoms with Crippen molar-refractivity contribution in [3.8, 4) is 11.4 Å². The first-order valence-electron chi connectivity index (χ1n) is 9.85. The summed E-state index contributed by atoms with van der Waals surface area (Å²) in [6, 6.07) is 9.88. The zero-order valence-corrected chi connectivity index (χ0v) is 19.9. The third-order valence-corrected chi connectivity index (χ3v) is 7.18. The third-order valence-electron chi connectivity index (χ3n) is 6.10. The van der Waals surface area contributed by atoms with Crippen LogP contribution in [-0.2, 0) is 9.31 Å². The summed E-state index contributed by atoms with van der Waals surface area (Å²) in [5.74, 6) is 0.894. The van der Waals surface area contributed by atoms with Gasteiger partial charge < -0.3 is 9.31 Å². The summed E-state index contributed by atoms with van der Waals surface area (Å²) in [6.07, 6.45) is 3.58. The summed E-state index contributed by atoms with van der Waals surface area (Å²) in [5.41, 5.74) is 0.663. The molecule has 1 aromatic carbocycles. The van der Waals surface area contributed by atoms with Gasteiger partial charge in [-0.1, -0.05) is 92.1 Å². The molecular formula is C23H28BIN2O2. The van der Waals surface area contributed by atoms with Gasteiger partial charge in [0.05, 0.1) is 22.1 Å². The lowest BCUT2D eigenvalue weighted by Crippen LogP contribution is -2.54. The summed E-state index contributed by atoms with van der Waals surface area (Å²) < 4.78 is 13.5. The maximum atomic E-state index is 6.61. The Bertz CT molecular complexity index is 1010. The quantitative estimate of drug-likeness (QED) is 0.358. The molecule has 4 nitrogen and oxygen atoms in total. The molecule has 29 heavy (non-hydrogen) atoms. The summed E-state index contributed by atoms with van der Waals surface area (Å²) in [4.78, 5) is 9.47. The van der Waals surface area contributed by atoms with Gasteiger partial charge in [0.2, 0.25) is 0 Å². The summed E-state index contributed by atoms with van der Waals surface area (Å²) in [6.45, 7) is 18.7. The second-order valence-electron chi connectivity index (χ2n) is 8.21. The highest BCUT2D eigenvalue weighted by molar-refractivity contribution is 14.1. The molecule has 0 radical (unpaired) electrons. The molecular weight excluding hydrogens is 474 g/mol. The van der Waals surface area contributed by atoms with E-state index >= 15 is 0 Å². The van der Waals surface area contributed by atoms with Gasteiger partial charge in [0, 0.05) is 14.7 Å². The zero-order valence-electron chi connectivity index (χ0n) is 17.8. The smallest absolute Gasteiger partial charge is 0.398 e. The van der Waals surface area contributed by atoms with E-state index in [0.717, 1.165) is 10.8 Å². The average molecular weight is 502 g/mol. The van der Waals surface area contributed by atoms with Gasteiger partial charge in [0.15, 0.2) is 5.82 Å². The molecule has 3 atom stereocenters. The Labute approximate surface area is 187 Å². The van der Waals surface area contributed by atoms with Gasteiger partial charge in [0.1, 0.15) is 0 Å². The highest BCUT2D eigenvalue weighted by atomic mass is 127. The van der Waals surface area contributed by atoms with Crippen LogP contribution in [0.2, 0.25) is 0 Å². The minimum Gasteiger partial charge on any atom is -0.398 e. The van der Waals surface area contributed by atoms with E-state index in [4.69, 9.17) is 14.3 Å². The average Bonchev–Trinajstić information content (AvgIpc) is 2.93. The van der Waals surface area contributed by atoms with Gasteiger partial charge in [-0.15, -0.1) is 0 Å². The Morgan fingerprint density at radius 3 is 2.34 bits per heavy atom. The second-order valence-corrected chi connectivity index (χ2v) is 10.2. The van der Waals surface area contributed by atoms with Crippen LogP contribution in [0, 0.1) is 5.92 Å². The SMILES string of the molecule is C=C/C=c1/c(B2OC(C)(C)C(C)(C(C)C(C)I)O2)nc(-c2ccccc2)nc1=C. The molecule has 2 heterocycles. The highest BCUT2D eigenvalue weighted by Crippen LogP contribution is 2.44. The van der Waals surface area contributed by atoms with E-state index in [-0.39, 0.29) is 5.92 Å². The van der Waals surface area contributed by atoms with E-state index in [0.29, 0.717) is 20.7 Å². The molecule has 1 aliphatic rings. The number of aromatic nitrogens is 2. The van der Waals surface area contributed by atoms with Crippen molar-refractivity contribution < 1.29 is 9.31 Å². The molecule has 2 aromatic rings. The fraction of sp³-hybridized carbons (Fsp3) is 0.391. The van der Waals surface area contributed by atoms with Crippen molar-refractivity contribution in [2.24, 2.45) is 5.92 Å². The van der Waals surface area contributed by atoms with Gasteiger partial charge in [-0.2, -0.15) is 0 Å². The Kier molecular flexibility index (Phi) is 6.37. The standard InChI is InChI=1S/C23H28BIN2O2/c1-8-12-19-17(4)26-21(18-13-10-9-11-14-18)27-20(19)24-28-22(5,6)23(7,29-24)15(2)16(3)25/h8-16H,1,4H2,2-3,5-7H3/b19-12+. The van der Waals surface area contributed by atoms with E-state index in [1.54, 1.807) is 6.08 Å². The predicted octanol–water partition coefficient (Wildman–Crippen LogP) is 3.26. The summed E-state index contributed by atoms with van der Waals surface area (Å²) in [7, 11) is -0.607. The van der Waals surface area contributed by atoms with Crippen molar-refractivity contribution in [2.75, 3.05) is 0 Å². The molecule has 3 unspecified atom stereocenters. The van der Waals surface area contributed by atoms with Crippen molar-refractivity contribution in [2.45, 2.75) is 49.7 Å². The Morgan fingerprint density at radius 1 is 1.10 bits per heavy atom. The van der Waals surface area contributed by atoms with E-state index in [1.165, 1.54) is 0 Å². The molecule has 152 valence electrons. The summed E-state index contributed by atoms with van der Waals surface area (Å²) >= 11 is 2.45. The van der Waals surface area contributed by atoms with Gasteiger partial charge in [-0.05, 0) is 26.7 Å². The number of nitrogens with zero attached hydrogens (tertiary/aromatic N) is 2. The monoisotopic (exact) mass is 502 g/mol. The maximum absolute atomic E-state index is 6.61. The number of allylic oxidation sites excluding steroid dienone is 1. The van der Waals surface area contributed by atoms with Crippen LogP contribution < -0.4 is 16.2 Å². The minimum atomic E-state index is -0.607. The lowest BCUT2D eigenvalue weighted by Gasteiger charge is -2.42. The molecule has 0 spiro atoms.